The summed E-state index contributed by atoms with van der Waals surface area (Å²) in [5, 5.41) is 15.1. The molecule has 0 saturated heterocycles. The van der Waals surface area contributed by atoms with E-state index in [0.29, 0.717) is 5.56 Å². The van der Waals surface area contributed by atoms with E-state index >= 15 is 0 Å². The van der Waals surface area contributed by atoms with E-state index in [1.165, 1.54) is 36.6 Å². The molecule has 0 unspecified atom stereocenters. The summed E-state index contributed by atoms with van der Waals surface area (Å²) in [6.07, 6.45) is 0.371. The van der Waals surface area contributed by atoms with Gasteiger partial charge in [-0.15, -0.1) is 0 Å². The van der Waals surface area contributed by atoms with E-state index in [2.05, 4.69) is 10.6 Å². The first-order chi connectivity index (χ1) is 11.0. The van der Waals surface area contributed by atoms with Crippen molar-refractivity contribution in [1.82, 2.24) is 10.6 Å². The Kier molecular flexibility index (Phi) is 5.48. The molecule has 2 atom stereocenters. The Hall–Kier alpha value is -2.67. The summed E-state index contributed by atoms with van der Waals surface area (Å²) >= 11 is 0. The number of carbonyl (C=O) groups excluding carboxylic acids is 2. The zero-order valence-corrected chi connectivity index (χ0v) is 12.5. The van der Waals surface area contributed by atoms with Crippen molar-refractivity contribution in [3.63, 3.8) is 0 Å². The molecular formula is C16H17FN2O4. The molecule has 0 fully saturated rings. The molecule has 0 spiro atoms. The standard InChI is InChI=1S/C16H17FN2O4/c1-10(15(21)11-4-6-12(17)7-5-11)19-14(20)9-18-16(22)13-3-2-8-23-13/h2-8,10,15,21H,9H2,1H3,(H,18,22)(H,19,20)/t10-,15+/m0/s1. The molecule has 7 heteroatoms. The number of hydrogen-bond donors (Lipinski definition) is 3. The van der Waals surface area contributed by atoms with Crippen molar-refractivity contribution in [2.24, 2.45) is 0 Å². The maximum absolute atomic E-state index is 12.9. The van der Waals surface area contributed by atoms with Gasteiger partial charge in [-0.1, -0.05) is 12.1 Å². The first kappa shape index (κ1) is 16.7. The van der Waals surface area contributed by atoms with Crippen LogP contribution in [0.1, 0.15) is 29.1 Å². The third-order valence-electron chi connectivity index (χ3n) is 3.23. The summed E-state index contributed by atoms with van der Waals surface area (Å²) in [6.45, 7) is 1.36. The molecule has 1 aromatic heterocycles. The molecule has 0 bridgehead atoms. The molecule has 6 nitrogen and oxygen atoms in total. The molecule has 3 N–H and O–H groups in total. The van der Waals surface area contributed by atoms with Gasteiger partial charge in [-0.2, -0.15) is 0 Å². The van der Waals surface area contributed by atoms with Crippen LogP contribution < -0.4 is 10.6 Å². The summed E-state index contributed by atoms with van der Waals surface area (Å²) in [5.74, 6) is -1.26. The van der Waals surface area contributed by atoms with Crippen LogP contribution in [0.2, 0.25) is 0 Å². The summed E-state index contributed by atoms with van der Waals surface area (Å²) in [5.41, 5.74) is 0.485. The number of aliphatic hydroxyl groups is 1. The first-order valence-electron chi connectivity index (χ1n) is 7.02. The minimum Gasteiger partial charge on any atom is -0.459 e. The second kappa shape index (κ2) is 7.55. The monoisotopic (exact) mass is 320 g/mol. The van der Waals surface area contributed by atoms with E-state index < -0.39 is 29.8 Å². The highest BCUT2D eigenvalue weighted by atomic mass is 19.1. The molecule has 1 heterocycles. The van der Waals surface area contributed by atoms with Crippen LogP contribution in [0.4, 0.5) is 4.39 Å². The van der Waals surface area contributed by atoms with Crippen molar-refractivity contribution in [2.45, 2.75) is 19.1 Å². The van der Waals surface area contributed by atoms with Gasteiger partial charge in [0, 0.05) is 0 Å². The average Bonchev–Trinajstić information content (AvgIpc) is 3.07. The van der Waals surface area contributed by atoms with Crippen molar-refractivity contribution in [1.29, 1.82) is 0 Å². The van der Waals surface area contributed by atoms with Gasteiger partial charge in [0.1, 0.15) is 5.82 Å². The number of benzene rings is 1. The highest BCUT2D eigenvalue weighted by molar-refractivity contribution is 5.94. The minimum absolute atomic E-state index is 0.109. The Bertz CT molecular complexity index is 655. The van der Waals surface area contributed by atoms with Crippen LogP contribution in [-0.2, 0) is 4.79 Å². The van der Waals surface area contributed by atoms with Crippen LogP contribution in [0.25, 0.3) is 0 Å². The Labute approximate surface area is 132 Å². The highest BCUT2D eigenvalue weighted by Gasteiger charge is 2.19. The summed E-state index contributed by atoms with van der Waals surface area (Å²) < 4.78 is 17.8. The number of furan rings is 1. The van der Waals surface area contributed by atoms with Crippen molar-refractivity contribution in [3.8, 4) is 0 Å². The third-order valence-corrected chi connectivity index (χ3v) is 3.23. The van der Waals surface area contributed by atoms with Gasteiger partial charge >= 0.3 is 0 Å². The lowest BCUT2D eigenvalue weighted by atomic mass is 10.0. The predicted octanol–water partition coefficient (Wildman–Crippen LogP) is 1.39. The second-order valence-corrected chi connectivity index (χ2v) is 5.01. The van der Waals surface area contributed by atoms with Crippen molar-refractivity contribution < 1.29 is 23.5 Å². The topological polar surface area (TPSA) is 91.6 Å². The maximum Gasteiger partial charge on any atom is 0.287 e. The number of halogens is 1. The lowest BCUT2D eigenvalue weighted by Crippen LogP contribution is -2.43. The molecule has 0 aliphatic rings. The Balaban J connectivity index is 1.82. The summed E-state index contributed by atoms with van der Waals surface area (Å²) in [4.78, 5) is 23.4. The molecule has 0 radical (unpaired) electrons. The van der Waals surface area contributed by atoms with Crippen LogP contribution >= 0.6 is 0 Å². The van der Waals surface area contributed by atoms with Crippen LogP contribution in [0.15, 0.2) is 47.1 Å². The second-order valence-electron chi connectivity index (χ2n) is 5.01. The van der Waals surface area contributed by atoms with E-state index in [1.54, 1.807) is 13.0 Å². The molecule has 122 valence electrons. The van der Waals surface area contributed by atoms with Crippen molar-refractivity contribution in [3.05, 3.63) is 59.8 Å². The molecule has 0 aliphatic carbocycles. The molecular weight excluding hydrogens is 303 g/mol. The number of amides is 2. The van der Waals surface area contributed by atoms with Gasteiger partial charge in [0.2, 0.25) is 5.91 Å². The Morgan fingerprint density at radius 1 is 1.26 bits per heavy atom. The van der Waals surface area contributed by atoms with E-state index in [4.69, 9.17) is 4.42 Å². The van der Waals surface area contributed by atoms with Gasteiger partial charge in [-0.3, -0.25) is 9.59 Å². The normalized spacial score (nSPS) is 13.2. The fraction of sp³-hybridized carbons (Fsp3) is 0.250. The molecule has 2 rings (SSSR count). The number of aliphatic hydroxyl groups excluding tert-OH is 1. The van der Waals surface area contributed by atoms with Crippen LogP contribution in [-0.4, -0.2) is 29.5 Å². The third kappa shape index (κ3) is 4.65. The van der Waals surface area contributed by atoms with Gasteiger partial charge in [-0.05, 0) is 36.8 Å². The fourth-order valence-corrected chi connectivity index (χ4v) is 1.99. The van der Waals surface area contributed by atoms with E-state index in [-0.39, 0.29) is 12.3 Å². The van der Waals surface area contributed by atoms with Gasteiger partial charge in [0.15, 0.2) is 5.76 Å². The zero-order valence-electron chi connectivity index (χ0n) is 12.5. The van der Waals surface area contributed by atoms with E-state index in [1.807, 2.05) is 0 Å². The Morgan fingerprint density at radius 3 is 2.57 bits per heavy atom. The summed E-state index contributed by atoms with van der Waals surface area (Å²) in [7, 11) is 0. The average molecular weight is 320 g/mol. The number of carbonyl (C=O) groups is 2. The quantitative estimate of drug-likeness (QED) is 0.750. The molecule has 1 aromatic carbocycles. The van der Waals surface area contributed by atoms with Crippen molar-refractivity contribution >= 4 is 11.8 Å². The molecule has 2 aromatic rings. The minimum atomic E-state index is -0.986. The number of nitrogens with one attached hydrogen (secondary N) is 2. The molecule has 0 aliphatic heterocycles. The molecule has 23 heavy (non-hydrogen) atoms. The predicted molar refractivity (Wildman–Crippen MR) is 80.0 cm³/mol. The summed E-state index contributed by atoms with van der Waals surface area (Å²) in [6, 6.07) is 7.80. The maximum atomic E-state index is 12.9. The van der Waals surface area contributed by atoms with Gasteiger partial charge in [0.25, 0.3) is 5.91 Å². The van der Waals surface area contributed by atoms with Crippen LogP contribution in [0.3, 0.4) is 0 Å². The highest BCUT2D eigenvalue weighted by Crippen LogP contribution is 2.16. The van der Waals surface area contributed by atoms with Gasteiger partial charge < -0.3 is 20.2 Å². The van der Waals surface area contributed by atoms with E-state index in [9.17, 15) is 19.1 Å². The van der Waals surface area contributed by atoms with Crippen LogP contribution in [0.5, 0.6) is 0 Å². The fourth-order valence-electron chi connectivity index (χ4n) is 1.99. The largest absolute Gasteiger partial charge is 0.459 e. The van der Waals surface area contributed by atoms with E-state index in [0.717, 1.165) is 0 Å². The van der Waals surface area contributed by atoms with Gasteiger partial charge in [-0.25, -0.2) is 4.39 Å². The number of hydrogen-bond acceptors (Lipinski definition) is 4. The van der Waals surface area contributed by atoms with Crippen LogP contribution in [0, 0.1) is 5.82 Å². The smallest absolute Gasteiger partial charge is 0.287 e. The lowest BCUT2D eigenvalue weighted by Gasteiger charge is -2.20. The SMILES string of the molecule is C[C@H](NC(=O)CNC(=O)c1ccco1)[C@@H](O)c1ccc(F)cc1. The van der Waals surface area contributed by atoms with Crippen molar-refractivity contribution in [2.75, 3.05) is 6.54 Å². The number of rotatable bonds is 6. The first-order valence-corrected chi connectivity index (χ1v) is 7.02. The lowest BCUT2D eigenvalue weighted by molar-refractivity contribution is -0.121. The van der Waals surface area contributed by atoms with Gasteiger partial charge in [0.05, 0.1) is 25.0 Å². The molecule has 0 saturated carbocycles. The zero-order chi connectivity index (χ0) is 16.8. The molecule has 2 amide bonds. The Morgan fingerprint density at radius 2 is 1.96 bits per heavy atom.